The lowest BCUT2D eigenvalue weighted by Crippen LogP contribution is -2.05. The van der Waals surface area contributed by atoms with Gasteiger partial charge in [0.25, 0.3) is 5.22 Å². The third-order valence-corrected chi connectivity index (χ3v) is 4.55. The van der Waals surface area contributed by atoms with Crippen molar-refractivity contribution in [2.24, 2.45) is 0 Å². The molecule has 7 heteroatoms. The highest BCUT2D eigenvalue weighted by Gasteiger charge is 2.17. The second kappa shape index (κ2) is 7.29. The van der Waals surface area contributed by atoms with Gasteiger partial charge in [-0.3, -0.25) is 0 Å². The fourth-order valence-electron chi connectivity index (χ4n) is 2.54. The van der Waals surface area contributed by atoms with E-state index in [4.69, 9.17) is 18.6 Å². The van der Waals surface area contributed by atoms with E-state index in [0.29, 0.717) is 16.9 Å². The fraction of sp³-hybridized carbons (Fsp3) is 0.263. The normalized spacial score (nSPS) is 12.6. The summed E-state index contributed by atoms with van der Waals surface area (Å²) in [5.41, 5.74) is 1.94. The van der Waals surface area contributed by atoms with Gasteiger partial charge in [0.1, 0.15) is 5.75 Å². The lowest BCUT2D eigenvalue weighted by molar-refractivity contribution is 0.174. The molecule has 0 saturated heterocycles. The zero-order valence-electron chi connectivity index (χ0n) is 14.5. The van der Waals surface area contributed by atoms with Crippen molar-refractivity contribution in [3.8, 4) is 28.7 Å². The zero-order chi connectivity index (χ0) is 17.9. The van der Waals surface area contributed by atoms with Crippen molar-refractivity contribution in [2.45, 2.75) is 30.9 Å². The first kappa shape index (κ1) is 16.8. The maximum Gasteiger partial charge on any atom is 0.277 e. The van der Waals surface area contributed by atoms with Gasteiger partial charge in [0.15, 0.2) is 11.5 Å². The SMILES string of the molecule is CC(C)Oc1cccc(CSc2nnc(-c3ccc4c(c3)OCO4)o2)c1. The summed E-state index contributed by atoms with van der Waals surface area (Å²) < 4.78 is 22.2. The van der Waals surface area contributed by atoms with Gasteiger partial charge in [0, 0.05) is 11.3 Å². The Kier molecular flexibility index (Phi) is 4.71. The van der Waals surface area contributed by atoms with Crippen LogP contribution in [0.4, 0.5) is 0 Å². The Labute approximate surface area is 155 Å². The van der Waals surface area contributed by atoms with E-state index in [1.807, 2.05) is 50.2 Å². The van der Waals surface area contributed by atoms with Crippen molar-refractivity contribution in [2.75, 3.05) is 6.79 Å². The molecule has 6 nitrogen and oxygen atoms in total. The smallest absolute Gasteiger partial charge is 0.277 e. The number of hydrogen-bond acceptors (Lipinski definition) is 7. The van der Waals surface area contributed by atoms with Crippen LogP contribution >= 0.6 is 11.8 Å². The number of thioether (sulfide) groups is 1. The molecule has 26 heavy (non-hydrogen) atoms. The highest BCUT2D eigenvalue weighted by atomic mass is 32.2. The summed E-state index contributed by atoms with van der Waals surface area (Å²) in [4.78, 5) is 0. The Morgan fingerprint density at radius 3 is 2.85 bits per heavy atom. The first-order chi connectivity index (χ1) is 12.7. The molecule has 0 amide bonds. The molecule has 0 bridgehead atoms. The standard InChI is InChI=1S/C19H18N2O4S/c1-12(2)24-15-5-3-4-13(8-15)10-26-19-21-20-18(25-19)14-6-7-16-17(9-14)23-11-22-16/h3-9,12H,10-11H2,1-2H3. The fourth-order valence-corrected chi connectivity index (χ4v) is 3.25. The minimum atomic E-state index is 0.151. The molecule has 0 spiro atoms. The van der Waals surface area contributed by atoms with Gasteiger partial charge in [-0.1, -0.05) is 23.9 Å². The van der Waals surface area contributed by atoms with Gasteiger partial charge in [-0.2, -0.15) is 0 Å². The molecule has 0 aliphatic carbocycles. The zero-order valence-corrected chi connectivity index (χ0v) is 15.3. The van der Waals surface area contributed by atoms with Gasteiger partial charge in [-0.05, 0) is 49.7 Å². The number of benzene rings is 2. The summed E-state index contributed by atoms with van der Waals surface area (Å²) in [5, 5.41) is 8.76. The topological polar surface area (TPSA) is 66.6 Å². The summed E-state index contributed by atoms with van der Waals surface area (Å²) in [7, 11) is 0. The van der Waals surface area contributed by atoms with Crippen LogP contribution in [0.15, 0.2) is 52.1 Å². The van der Waals surface area contributed by atoms with Crippen LogP contribution in [0.2, 0.25) is 0 Å². The average molecular weight is 370 g/mol. The second-order valence-electron chi connectivity index (χ2n) is 6.04. The maximum absolute atomic E-state index is 5.76. The summed E-state index contributed by atoms with van der Waals surface area (Å²) in [6.07, 6.45) is 0.151. The van der Waals surface area contributed by atoms with E-state index in [1.54, 1.807) is 0 Å². The molecule has 0 unspecified atom stereocenters. The highest BCUT2D eigenvalue weighted by molar-refractivity contribution is 7.98. The van der Waals surface area contributed by atoms with Gasteiger partial charge in [0.2, 0.25) is 12.7 Å². The largest absolute Gasteiger partial charge is 0.491 e. The van der Waals surface area contributed by atoms with E-state index < -0.39 is 0 Å². The molecule has 4 rings (SSSR count). The first-order valence-electron chi connectivity index (χ1n) is 8.29. The van der Waals surface area contributed by atoms with Crippen molar-refractivity contribution >= 4 is 11.8 Å². The number of ether oxygens (including phenoxy) is 3. The van der Waals surface area contributed by atoms with Gasteiger partial charge in [-0.15, -0.1) is 10.2 Å². The van der Waals surface area contributed by atoms with E-state index in [0.717, 1.165) is 28.4 Å². The first-order valence-corrected chi connectivity index (χ1v) is 9.28. The van der Waals surface area contributed by atoms with Crippen LogP contribution in [0.3, 0.4) is 0 Å². The van der Waals surface area contributed by atoms with Crippen LogP contribution in [0.5, 0.6) is 17.2 Å². The van der Waals surface area contributed by atoms with Gasteiger partial charge in [0.05, 0.1) is 6.10 Å². The summed E-state index contributed by atoms with van der Waals surface area (Å²) in [6, 6.07) is 13.6. The molecule has 0 fully saturated rings. The molecule has 0 N–H and O–H groups in total. The molecule has 2 aromatic carbocycles. The van der Waals surface area contributed by atoms with Gasteiger partial charge < -0.3 is 18.6 Å². The van der Waals surface area contributed by atoms with Crippen molar-refractivity contribution in [3.63, 3.8) is 0 Å². The highest BCUT2D eigenvalue weighted by Crippen LogP contribution is 2.36. The lowest BCUT2D eigenvalue weighted by Gasteiger charge is -2.10. The van der Waals surface area contributed by atoms with Crippen LogP contribution in [0.1, 0.15) is 19.4 Å². The molecule has 0 saturated carbocycles. The van der Waals surface area contributed by atoms with E-state index in [1.165, 1.54) is 11.8 Å². The van der Waals surface area contributed by atoms with Crippen LogP contribution in [-0.4, -0.2) is 23.1 Å². The van der Waals surface area contributed by atoms with Crippen molar-refractivity contribution < 1.29 is 18.6 Å². The average Bonchev–Trinajstić information content (AvgIpc) is 3.28. The van der Waals surface area contributed by atoms with Crippen molar-refractivity contribution in [1.29, 1.82) is 0 Å². The Hall–Kier alpha value is -2.67. The van der Waals surface area contributed by atoms with E-state index in [2.05, 4.69) is 16.3 Å². The second-order valence-corrected chi connectivity index (χ2v) is 6.97. The lowest BCUT2D eigenvalue weighted by atomic mass is 10.2. The Morgan fingerprint density at radius 2 is 1.96 bits per heavy atom. The van der Waals surface area contributed by atoms with E-state index in [9.17, 15) is 0 Å². The van der Waals surface area contributed by atoms with E-state index in [-0.39, 0.29) is 12.9 Å². The van der Waals surface area contributed by atoms with Crippen molar-refractivity contribution in [3.05, 3.63) is 48.0 Å². The third kappa shape index (κ3) is 3.77. The summed E-state index contributed by atoms with van der Waals surface area (Å²) in [5.74, 6) is 3.47. The summed E-state index contributed by atoms with van der Waals surface area (Å²) >= 11 is 1.49. The van der Waals surface area contributed by atoms with Crippen LogP contribution < -0.4 is 14.2 Å². The summed E-state index contributed by atoms with van der Waals surface area (Å²) in [6.45, 7) is 4.26. The monoisotopic (exact) mass is 370 g/mol. The quantitative estimate of drug-likeness (QED) is 0.590. The molecular formula is C19H18N2O4S. The van der Waals surface area contributed by atoms with E-state index >= 15 is 0 Å². The molecule has 3 aromatic rings. The number of rotatable bonds is 6. The number of fused-ring (bicyclic) bond motifs is 1. The molecule has 1 aromatic heterocycles. The van der Waals surface area contributed by atoms with Gasteiger partial charge >= 0.3 is 0 Å². The van der Waals surface area contributed by atoms with Crippen molar-refractivity contribution in [1.82, 2.24) is 10.2 Å². The Morgan fingerprint density at radius 1 is 1.08 bits per heavy atom. The maximum atomic E-state index is 5.76. The number of nitrogens with zero attached hydrogens (tertiary/aromatic N) is 2. The van der Waals surface area contributed by atoms with Crippen LogP contribution in [0.25, 0.3) is 11.5 Å². The third-order valence-electron chi connectivity index (χ3n) is 3.66. The predicted molar refractivity (Wildman–Crippen MR) is 97.6 cm³/mol. The molecule has 0 radical (unpaired) electrons. The number of hydrogen-bond donors (Lipinski definition) is 0. The van der Waals surface area contributed by atoms with Crippen LogP contribution in [-0.2, 0) is 5.75 Å². The van der Waals surface area contributed by atoms with Crippen LogP contribution in [0, 0.1) is 0 Å². The molecule has 0 atom stereocenters. The minimum Gasteiger partial charge on any atom is -0.491 e. The molecule has 2 heterocycles. The number of aromatic nitrogens is 2. The van der Waals surface area contributed by atoms with Gasteiger partial charge in [-0.25, -0.2) is 0 Å². The Balaban J connectivity index is 1.43. The predicted octanol–water partition coefficient (Wildman–Crippen LogP) is 4.54. The minimum absolute atomic E-state index is 0.151. The molecule has 134 valence electrons. The Bertz CT molecular complexity index is 910. The molecule has 1 aliphatic heterocycles. The molecule has 1 aliphatic rings. The molecular weight excluding hydrogens is 352 g/mol.